The van der Waals surface area contributed by atoms with E-state index in [0.717, 1.165) is 0 Å². The molecule has 0 heterocycles. The normalized spacial score (nSPS) is 16.3. The van der Waals surface area contributed by atoms with E-state index in [1.807, 2.05) is 0 Å². The SMILES string of the molecule is COCCOCCNS(=O)(=O)CCNC1CC1. The van der Waals surface area contributed by atoms with Crippen LogP contribution in [0.2, 0.25) is 0 Å². The molecule has 1 saturated carbocycles. The molecule has 1 aliphatic rings. The fourth-order valence-corrected chi connectivity index (χ4v) is 2.20. The molecule has 0 spiro atoms. The lowest BCUT2D eigenvalue weighted by atomic mass is 10.6. The molecular formula is C10H22N2O4S. The van der Waals surface area contributed by atoms with Crippen LogP contribution in [0.5, 0.6) is 0 Å². The number of sulfonamides is 1. The summed E-state index contributed by atoms with van der Waals surface area (Å²) < 4.78 is 35.4. The monoisotopic (exact) mass is 266 g/mol. The third-order valence-corrected chi connectivity index (χ3v) is 3.77. The van der Waals surface area contributed by atoms with Crippen LogP contribution >= 0.6 is 0 Å². The molecule has 2 N–H and O–H groups in total. The van der Waals surface area contributed by atoms with Crippen molar-refractivity contribution in [1.82, 2.24) is 10.0 Å². The number of rotatable bonds is 11. The van der Waals surface area contributed by atoms with Crippen LogP contribution in [0.3, 0.4) is 0 Å². The predicted molar refractivity (Wildman–Crippen MR) is 65.5 cm³/mol. The van der Waals surface area contributed by atoms with Gasteiger partial charge in [-0.1, -0.05) is 0 Å². The zero-order valence-electron chi connectivity index (χ0n) is 10.3. The fraction of sp³-hybridized carbons (Fsp3) is 1.00. The van der Waals surface area contributed by atoms with Gasteiger partial charge in [-0.05, 0) is 12.8 Å². The standard InChI is InChI=1S/C10H22N2O4S/c1-15-7-8-16-6-4-12-17(13,14)9-5-11-10-2-3-10/h10-12H,2-9H2,1H3. The summed E-state index contributed by atoms with van der Waals surface area (Å²) >= 11 is 0. The van der Waals surface area contributed by atoms with Gasteiger partial charge in [0.15, 0.2) is 0 Å². The van der Waals surface area contributed by atoms with Crippen LogP contribution < -0.4 is 10.0 Å². The van der Waals surface area contributed by atoms with Gasteiger partial charge in [-0.25, -0.2) is 13.1 Å². The van der Waals surface area contributed by atoms with Crippen molar-refractivity contribution < 1.29 is 17.9 Å². The second kappa shape index (κ2) is 7.99. The topological polar surface area (TPSA) is 76.7 Å². The summed E-state index contributed by atoms with van der Waals surface area (Å²) in [5.74, 6) is 0.127. The Hall–Kier alpha value is -0.210. The molecule has 1 rings (SSSR count). The Morgan fingerprint density at radius 3 is 2.59 bits per heavy atom. The van der Waals surface area contributed by atoms with Gasteiger partial charge in [0, 0.05) is 26.2 Å². The van der Waals surface area contributed by atoms with E-state index in [1.165, 1.54) is 12.8 Å². The minimum atomic E-state index is -3.17. The number of ether oxygens (including phenoxy) is 2. The van der Waals surface area contributed by atoms with Crippen LogP contribution in [0.1, 0.15) is 12.8 Å². The van der Waals surface area contributed by atoms with Crippen LogP contribution in [-0.2, 0) is 19.5 Å². The maximum absolute atomic E-state index is 11.5. The van der Waals surface area contributed by atoms with Crippen LogP contribution in [0.25, 0.3) is 0 Å². The first-order valence-electron chi connectivity index (χ1n) is 5.91. The van der Waals surface area contributed by atoms with Gasteiger partial charge in [0.05, 0.1) is 25.6 Å². The Morgan fingerprint density at radius 1 is 1.18 bits per heavy atom. The lowest BCUT2D eigenvalue weighted by molar-refractivity contribution is 0.0736. The van der Waals surface area contributed by atoms with Crippen molar-refractivity contribution in [3.63, 3.8) is 0 Å². The molecule has 17 heavy (non-hydrogen) atoms. The second-order valence-corrected chi connectivity index (χ2v) is 5.97. The molecule has 1 aliphatic carbocycles. The molecule has 0 radical (unpaired) electrons. The highest BCUT2D eigenvalue weighted by molar-refractivity contribution is 7.89. The summed E-state index contributed by atoms with van der Waals surface area (Å²) in [6, 6.07) is 0.544. The van der Waals surface area contributed by atoms with Gasteiger partial charge in [-0.2, -0.15) is 0 Å². The van der Waals surface area contributed by atoms with Gasteiger partial charge in [0.1, 0.15) is 0 Å². The Bertz CT molecular complexity index is 291. The van der Waals surface area contributed by atoms with E-state index in [2.05, 4.69) is 10.0 Å². The molecule has 6 nitrogen and oxygen atoms in total. The number of hydrogen-bond donors (Lipinski definition) is 2. The van der Waals surface area contributed by atoms with E-state index >= 15 is 0 Å². The van der Waals surface area contributed by atoms with Gasteiger partial charge < -0.3 is 14.8 Å². The fourth-order valence-electron chi connectivity index (χ4n) is 1.27. The first-order chi connectivity index (χ1) is 8.14. The highest BCUT2D eigenvalue weighted by atomic mass is 32.2. The zero-order valence-corrected chi connectivity index (χ0v) is 11.1. The summed E-state index contributed by atoms with van der Waals surface area (Å²) in [6.07, 6.45) is 2.33. The Balaban J connectivity index is 1.95. The molecule has 0 aromatic heterocycles. The quantitative estimate of drug-likeness (QED) is 0.485. The molecule has 0 saturated heterocycles. The summed E-state index contributed by atoms with van der Waals surface area (Å²) in [6.45, 7) is 2.22. The first-order valence-corrected chi connectivity index (χ1v) is 7.56. The molecule has 102 valence electrons. The lowest BCUT2D eigenvalue weighted by Crippen LogP contribution is -2.34. The van der Waals surface area contributed by atoms with E-state index in [4.69, 9.17) is 9.47 Å². The Morgan fingerprint density at radius 2 is 1.94 bits per heavy atom. The van der Waals surface area contributed by atoms with Crippen LogP contribution in [0.4, 0.5) is 0 Å². The zero-order chi connectivity index (χ0) is 12.6. The molecule has 0 bridgehead atoms. The van der Waals surface area contributed by atoms with Crippen molar-refractivity contribution in [3.05, 3.63) is 0 Å². The molecular weight excluding hydrogens is 244 g/mol. The van der Waals surface area contributed by atoms with Crippen molar-refractivity contribution in [2.24, 2.45) is 0 Å². The molecule has 0 aromatic rings. The van der Waals surface area contributed by atoms with E-state index in [1.54, 1.807) is 7.11 Å². The number of methoxy groups -OCH3 is 1. The average Bonchev–Trinajstić information content (AvgIpc) is 3.07. The van der Waals surface area contributed by atoms with Crippen LogP contribution in [-0.4, -0.2) is 60.2 Å². The summed E-state index contributed by atoms with van der Waals surface area (Å²) in [5.41, 5.74) is 0. The third-order valence-electron chi connectivity index (χ3n) is 2.38. The largest absolute Gasteiger partial charge is 0.382 e. The molecule has 0 atom stereocenters. The van der Waals surface area contributed by atoms with E-state index in [-0.39, 0.29) is 5.75 Å². The number of hydrogen-bond acceptors (Lipinski definition) is 5. The second-order valence-electron chi connectivity index (χ2n) is 4.05. The van der Waals surface area contributed by atoms with Gasteiger partial charge >= 0.3 is 0 Å². The van der Waals surface area contributed by atoms with Crippen LogP contribution in [0, 0.1) is 0 Å². The van der Waals surface area contributed by atoms with E-state index in [9.17, 15) is 8.42 Å². The molecule has 0 amide bonds. The smallest absolute Gasteiger partial charge is 0.212 e. The highest BCUT2D eigenvalue weighted by Gasteiger charge is 2.20. The number of nitrogens with one attached hydrogen (secondary N) is 2. The highest BCUT2D eigenvalue weighted by Crippen LogP contribution is 2.17. The van der Waals surface area contributed by atoms with Crippen molar-refractivity contribution >= 4 is 10.0 Å². The summed E-state index contributed by atoms with van der Waals surface area (Å²) in [7, 11) is -1.57. The van der Waals surface area contributed by atoms with Crippen molar-refractivity contribution in [3.8, 4) is 0 Å². The van der Waals surface area contributed by atoms with E-state index < -0.39 is 10.0 Å². The first kappa shape index (κ1) is 14.8. The van der Waals surface area contributed by atoms with Gasteiger partial charge in [-0.15, -0.1) is 0 Å². The van der Waals surface area contributed by atoms with Gasteiger partial charge in [-0.3, -0.25) is 0 Å². The Labute approximate surface area is 103 Å². The van der Waals surface area contributed by atoms with E-state index in [0.29, 0.717) is 39.0 Å². The minimum absolute atomic E-state index is 0.127. The molecule has 0 aromatic carbocycles. The predicted octanol–water partition coefficient (Wildman–Crippen LogP) is -0.679. The van der Waals surface area contributed by atoms with Gasteiger partial charge in [0.2, 0.25) is 10.0 Å². The molecule has 7 heteroatoms. The molecule has 0 aliphatic heterocycles. The average molecular weight is 266 g/mol. The van der Waals surface area contributed by atoms with Crippen molar-refractivity contribution in [1.29, 1.82) is 0 Å². The summed E-state index contributed by atoms with van der Waals surface area (Å²) in [5, 5.41) is 3.16. The van der Waals surface area contributed by atoms with Gasteiger partial charge in [0.25, 0.3) is 0 Å². The molecule has 1 fully saturated rings. The lowest BCUT2D eigenvalue weighted by Gasteiger charge is -2.07. The summed E-state index contributed by atoms with van der Waals surface area (Å²) in [4.78, 5) is 0. The van der Waals surface area contributed by atoms with Crippen molar-refractivity contribution in [2.45, 2.75) is 18.9 Å². The molecule has 0 unspecified atom stereocenters. The maximum Gasteiger partial charge on any atom is 0.212 e. The van der Waals surface area contributed by atoms with Crippen LogP contribution in [0.15, 0.2) is 0 Å². The minimum Gasteiger partial charge on any atom is -0.382 e. The third kappa shape index (κ3) is 8.50. The van der Waals surface area contributed by atoms with Crippen molar-refractivity contribution in [2.75, 3.05) is 45.8 Å². The maximum atomic E-state index is 11.5. The Kier molecular flexibility index (Phi) is 6.98.